The van der Waals surface area contributed by atoms with Gasteiger partial charge < -0.3 is 10.2 Å². The first-order valence-corrected chi connectivity index (χ1v) is 6.80. The van der Waals surface area contributed by atoms with Gasteiger partial charge in [-0.1, -0.05) is 6.92 Å². The van der Waals surface area contributed by atoms with Crippen molar-refractivity contribution < 1.29 is 0 Å². The predicted molar refractivity (Wildman–Crippen MR) is 70.9 cm³/mol. The minimum absolute atomic E-state index is 0.708. The van der Waals surface area contributed by atoms with E-state index in [-0.39, 0.29) is 0 Å². The van der Waals surface area contributed by atoms with Gasteiger partial charge in [0.05, 0.1) is 0 Å². The van der Waals surface area contributed by atoms with E-state index in [4.69, 9.17) is 0 Å². The lowest BCUT2D eigenvalue weighted by molar-refractivity contribution is 0.0645. The third kappa shape index (κ3) is 4.40. The Hall–Kier alpha value is -0.120. The van der Waals surface area contributed by atoms with E-state index in [1.54, 1.807) is 0 Å². The highest BCUT2D eigenvalue weighted by Gasteiger charge is 2.24. The first kappa shape index (κ1) is 13.9. The summed E-state index contributed by atoms with van der Waals surface area (Å²) in [7, 11) is 2.22. The second-order valence-corrected chi connectivity index (χ2v) is 5.24. The molecule has 16 heavy (non-hydrogen) atoms. The van der Waals surface area contributed by atoms with Gasteiger partial charge in [-0.25, -0.2) is 0 Å². The average Bonchev–Trinajstić information content (AvgIpc) is 2.24. The lowest BCUT2D eigenvalue weighted by atomic mass is 10.1. The molecule has 96 valence electrons. The number of hydrogen-bond donors (Lipinski definition) is 1. The van der Waals surface area contributed by atoms with E-state index < -0.39 is 0 Å². The van der Waals surface area contributed by atoms with E-state index in [1.165, 1.54) is 32.5 Å². The van der Waals surface area contributed by atoms with Gasteiger partial charge in [-0.2, -0.15) is 0 Å². The maximum atomic E-state index is 3.49. The summed E-state index contributed by atoms with van der Waals surface area (Å²) < 4.78 is 0. The van der Waals surface area contributed by atoms with Crippen LogP contribution >= 0.6 is 0 Å². The topological polar surface area (TPSA) is 18.5 Å². The highest BCUT2D eigenvalue weighted by atomic mass is 15.3. The molecule has 1 aliphatic heterocycles. The molecule has 1 aliphatic rings. The van der Waals surface area contributed by atoms with Gasteiger partial charge in [0, 0.05) is 31.7 Å². The second-order valence-electron chi connectivity index (χ2n) is 5.24. The molecule has 3 nitrogen and oxygen atoms in total. The van der Waals surface area contributed by atoms with Crippen LogP contribution in [0.25, 0.3) is 0 Å². The van der Waals surface area contributed by atoms with Gasteiger partial charge in [-0.05, 0) is 46.8 Å². The molecule has 0 aromatic rings. The lowest BCUT2D eigenvalue weighted by Gasteiger charge is -2.41. The molecule has 0 amide bonds. The van der Waals surface area contributed by atoms with E-state index in [0.29, 0.717) is 12.1 Å². The van der Waals surface area contributed by atoms with Crippen LogP contribution in [0.1, 0.15) is 33.6 Å². The molecule has 0 radical (unpaired) electrons. The van der Waals surface area contributed by atoms with Gasteiger partial charge in [-0.3, -0.25) is 4.90 Å². The molecule has 1 fully saturated rings. The first-order valence-electron chi connectivity index (χ1n) is 6.80. The van der Waals surface area contributed by atoms with Crippen LogP contribution in [0, 0.1) is 0 Å². The zero-order valence-corrected chi connectivity index (χ0v) is 11.5. The monoisotopic (exact) mass is 227 g/mol. The molecular weight excluding hydrogens is 198 g/mol. The van der Waals surface area contributed by atoms with Crippen LogP contribution < -0.4 is 5.32 Å². The van der Waals surface area contributed by atoms with Gasteiger partial charge in [0.25, 0.3) is 0 Å². The Morgan fingerprint density at radius 1 is 1.31 bits per heavy atom. The quantitative estimate of drug-likeness (QED) is 0.692. The van der Waals surface area contributed by atoms with E-state index in [0.717, 1.165) is 13.1 Å². The molecule has 1 N–H and O–H groups in total. The normalized spacial score (nSPS) is 25.9. The first-order chi connectivity index (χ1) is 7.65. The third-order valence-electron chi connectivity index (χ3n) is 3.61. The van der Waals surface area contributed by atoms with Crippen LogP contribution in [-0.4, -0.2) is 61.7 Å². The highest BCUT2D eigenvalue weighted by Crippen LogP contribution is 2.13. The number of piperazine rings is 1. The zero-order chi connectivity index (χ0) is 12.0. The second kappa shape index (κ2) is 7.25. The molecule has 3 heteroatoms. The fourth-order valence-electron chi connectivity index (χ4n) is 2.59. The van der Waals surface area contributed by atoms with Crippen molar-refractivity contribution >= 4 is 0 Å². The molecule has 2 unspecified atom stereocenters. The van der Waals surface area contributed by atoms with E-state index >= 15 is 0 Å². The summed E-state index contributed by atoms with van der Waals surface area (Å²) in [4.78, 5) is 5.09. The molecule has 0 saturated carbocycles. The van der Waals surface area contributed by atoms with Gasteiger partial charge in [0.1, 0.15) is 0 Å². The smallest absolute Gasteiger partial charge is 0.0198 e. The number of rotatable bonds is 6. The van der Waals surface area contributed by atoms with Crippen molar-refractivity contribution in [1.82, 2.24) is 15.1 Å². The summed E-state index contributed by atoms with van der Waals surface area (Å²) in [5.74, 6) is 0. The van der Waals surface area contributed by atoms with Crippen molar-refractivity contribution in [2.45, 2.75) is 45.7 Å². The molecule has 0 spiro atoms. The molecule has 0 bridgehead atoms. The maximum Gasteiger partial charge on any atom is 0.0198 e. The highest BCUT2D eigenvalue weighted by molar-refractivity contribution is 4.81. The Morgan fingerprint density at radius 3 is 2.69 bits per heavy atom. The van der Waals surface area contributed by atoms with Crippen LogP contribution in [0.4, 0.5) is 0 Å². The average molecular weight is 227 g/mol. The Kier molecular flexibility index (Phi) is 6.32. The number of likely N-dealkylation sites (N-methyl/N-ethyl adjacent to an activating group) is 1. The number of nitrogens with zero attached hydrogens (tertiary/aromatic N) is 2. The minimum Gasteiger partial charge on any atom is -0.317 e. The van der Waals surface area contributed by atoms with Gasteiger partial charge in [0.15, 0.2) is 0 Å². The summed E-state index contributed by atoms with van der Waals surface area (Å²) in [6, 6.07) is 1.42. The van der Waals surface area contributed by atoms with Crippen molar-refractivity contribution in [3.8, 4) is 0 Å². The van der Waals surface area contributed by atoms with Gasteiger partial charge in [0.2, 0.25) is 0 Å². The zero-order valence-electron chi connectivity index (χ0n) is 11.5. The van der Waals surface area contributed by atoms with Crippen LogP contribution in [0.5, 0.6) is 0 Å². The minimum atomic E-state index is 0.708. The number of hydrogen-bond acceptors (Lipinski definition) is 3. The summed E-state index contributed by atoms with van der Waals surface area (Å²) >= 11 is 0. The van der Waals surface area contributed by atoms with Gasteiger partial charge >= 0.3 is 0 Å². The molecular formula is C13H29N3. The van der Waals surface area contributed by atoms with Crippen molar-refractivity contribution in [2.75, 3.05) is 39.8 Å². The fraction of sp³-hybridized carbons (Fsp3) is 1.00. The van der Waals surface area contributed by atoms with Crippen LogP contribution in [-0.2, 0) is 0 Å². The van der Waals surface area contributed by atoms with E-state index in [9.17, 15) is 0 Å². The van der Waals surface area contributed by atoms with Crippen LogP contribution in [0.2, 0.25) is 0 Å². The molecule has 1 rings (SSSR count). The Labute approximate surface area is 101 Å². The Balaban J connectivity index is 2.22. The molecule has 1 saturated heterocycles. The molecule has 0 aliphatic carbocycles. The summed E-state index contributed by atoms with van der Waals surface area (Å²) in [6.07, 6.45) is 2.51. The van der Waals surface area contributed by atoms with E-state index in [1.807, 2.05) is 0 Å². The fourth-order valence-corrected chi connectivity index (χ4v) is 2.59. The lowest BCUT2D eigenvalue weighted by Crippen LogP contribution is -2.53. The Bertz CT molecular complexity index is 184. The SMILES string of the molecule is CCCNCCC(C)N1CCN(C)CC1C. The maximum absolute atomic E-state index is 3.49. The van der Waals surface area contributed by atoms with Crippen molar-refractivity contribution in [3.05, 3.63) is 0 Å². The van der Waals surface area contributed by atoms with Crippen molar-refractivity contribution in [3.63, 3.8) is 0 Å². The molecule has 1 heterocycles. The summed E-state index contributed by atoms with van der Waals surface area (Å²) in [5, 5.41) is 3.49. The van der Waals surface area contributed by atoms with Crippen LogP contribution in [0.3, 0.4) is 0 Å². The predicted octanol–water partition coefficient (Wildman–Crippen LogP) is 1.40. The standard InChI is InChI=1S/C13H29N3/c1-5-7-14-8-6-12(2)16-10-9-15(4)11-13(16)3/h12-14H,5-11H2,1-4H3. The van der Waals surface area contributed by atoms with Crippen molar-refractivity contribution in [2.24, 2.45) is 0 Å². The Morgan fingerprint density at radius 2 is 2.06 bits per heavy atom. The summed E-state index contributed by atoms with van der Waals surface area (Å²) in [5.41, 5.74) is 0. The third-order valence-corrected chi connectivity index (χ3v) is 3.61. The summed E-state index contributed by atoms with van der Waals surface area (Å²) in [6.45, 7) is 12.9. The molecule has 0 aromatic carbocycles. The van der Waals surface area contributed by atoms with Crippen LogP contribution in [0.15, 0.2) is 0 Å². The molecule has 0 aromatic heterocycles. The van der Waals surface area contributed by atoms with Gasteiger partial charge in [-0.15, -0.1) is 0 Å². The molecule has 2 atom stereocenters. The largest absolute Gasteiger partial charge is 0.317 e. The van der Waals surface area contributed by atoms with Crippen molar-refractivity contribution in [1.29, 1.82) is 0 Å². The number of nitrogens with one attached hydrogen (secondary N) is 1. The van der Waals surface area contributed by atoms with E-state index in [2.05, 4.69) is 42.9 Å².